The van der Waals surface area contributed by atoms with Crippen LogP contribution in [0.25, 0.3) is 0 Å². The molecule has 0 aromatic carbocycles. The molecule has 0 aromatic heterocycles. The fraction of sp³-hybridized carbons (Fsp3) is 0.767. The molecule has 0 radical (unpaired) electrons. The van der Waals surface area contributed by atoms with E-state index >= 15 is 0 Å². The summed E-state index contributed by atoms with van der Waals surface area (Å²) < 4.78 is 16.9. The fourth-order valence-electron chi connectivity index (χ4n) is 9.85. The number of ether oxygens (including phenoxy) is 3. The van der Waals surface area contributed by atoms with Gasteiger partial charge in [0.1, 0.15) is 13.2 Å². The Kier molecular flexibility index (Phi) is 64.2. The molecular formula is C73H128O6. The molecule has 6 heteroatoms. The summed E-state index contributed by atoms with van der Waals surface area (Å²) in [6.07, 6.45) is 88.9. The van der Waals surface area contributed by atoms with Crippen molar-refractivity contribution in [2.24, 2.45) is 0 Å². The highest BCUT2D eigenvalue weighted by Crippen LogP contribution is 2.18. The van der Waals surface area contributed by atoms with Gasteiger partial charge in [-0.3, -0.25) is 14.4 Å². The van der Waals surface area contributed by atoms with Gasteiger partial charge in [-0.2, -0.15) is 0 Å². The molecule has 79 heavy (non-hydrogen) atoms. The Labute approximate surface area is 490 Å². The van der Waals surface area contributed by atoms with Gasteiger partial charge in [-0.1, -0.05) is 337 Å². The van der Waals surface area contributed by atoms with E-state index in [2.05, 4.69) is 106 Å². The average molecular weight is 1100 g/mol. The monoisotopic (exact) mass is 1100 g/mol. The number of hydrogen-bond acceptors (Lipinski definition) is 6. The van der Waals surface area contributed by atoms with Gasteiger partial charge < -0.3 is 14.2 Å². The Bertz CT molecular complexity index is 1500. The molecule has 0 aliphatic rings. The first-order chi connectivity index (χ1) is 39.0. The summed E-state index contributed by atoms with van der Waals surface area (Å²) in [5, 5.41) is 0. The number of esters is 3. The molecule has 0 saturated heterocycles. The molecule has 0 N–H and O–H groups in total. The molecule has 0 aromatic rings. The van der Waals surface area contributed by atoms with Gasteiger partial charge in [-0.05, 0) is 70.6 Å². The van der Waals surface area contributed by atoms with Crippen LogP contribution >= 0.6 is 0 Å². The van der Waals surface area contributed by atoms with Gasteiger partial charge in [0.05, 0.1) is 0 Å². The van der Waals surface area contributed by atoms with E-state index in [1.807, 2.05) is 0 Å². The third-order valence-corrected chi connectivity index (χ3v) is 14.9. The second kappa shape index (κ2) is 67.1. The van der Waals surface area contributed by atoms with Crippen LogP contribution in [0, 0.1) is 0 Å². The van der Waals surface area contributed by atoms with Crippen molar-refractivity contribution in [1.29, 1.82) is 0 Å². The molecular weight excluding hydrogens is 973 g/mol. The molecule has 0 saturated carbocycles. The molecule has 1 atom stereocenters. The largest absolute Gasteiger partial charge is 0.462 e. The lowest BCUT2D eigenvalue weighted by atomic mass is 10.0. The zero-order chi connectivity index (χ0) is 57.1. The van der Waals surface area contributed by atoms with E-state index in [-0.39, 0.29) is 37.5 Å². The Morgan fingerprint density at radius 2 is 0.494 bits per heavy atom. The fourth-order valence-corrected chi connectivity index (χ4v) is 9.85. The number of carbonyl (C=O) groups is 3. The van der Waals surface area contributed by atoms with Crippen molar-refractivity contribution in [3.05, 3.63) is 85.1 Å². The van der Waals surface area contributed by atoms with Crippen LogP contribution in [0.15, 0.2) is 85.1 Å². The number of carbonyl (C=O) groups excluding carboxylic acids is 3. The quantitative estimate of drug-likeness (QED) is 0.0261. The highest BCUT2D eigenvalue weighted by atomic mass is 16.6. The second-order valence-electron chi connectivity index (χ2n) is 22.7. The molecule has 6 nitrogen and oxygen atoms in total. The highest BCUT2D eigenvalue weighted by molar-refractivity contribution is 5.71. The van der Waals surface area contributed by atoms with Crippen LogP contribution in [0.3, 0.4) is 0 Å². The standard InChI is InChI=1S/C73H128O6/c1-4-7-10-13-16-19-22-25-28-30-32-34-36-38-40-42-45-48-51-54-57-60-63-66-72(75)78-69-70(68-77-71(74)65-62-59-56-53-50-47-44-27-24-21-18-15-12-9-6-3)79-73(76)67-64-61-58-55-52-49-46-43-41-39-37-35-33-31-29-26-23-20-17-14-11-8-5-2/h7,10,16,19,25,28,32,34,38,40,45,48,54,57,70H,4-6,8-9,11-15,17-18,20-24,26-27,29-31,33,35-37,39,41-44,46-47,49-53,55-56,58-69H2,1-3H3/b10-7-,19-16-,28-25-,34-32-,40-38-,48-45-,57-54-. The third-order valence-electron chi connectivity index (χ3n) is 14.9. The third kappa shape index (κ3) is 65.3. The molecule has 456 valence electrons. The lowest BCUT2D eigenvalue weighted by Crippen LogP contribution is -2.30. The summed E-state index contributed by atoms with van der Waals surface area (Å²) >= 11 is 0. The number of allylic oxidation sites excluding steroid dienone is 14. The summed E-state index contributed by atoms with van der Waals surface area (Å²) in [6, 6.07) is 0. The first-order valence-corrected chi connectivity index (χ1v) is 34.1. The van der Waals surface area contributed by atoms with Crippen molar-refractivity contribution in [3.63, 3.8) is 0 Å². The molecule has 0 amide bonds. The van der Waals surface area contributed by atoms with E-state index < -0.39 is 6.10 Å². The van der Waals surface area contributed by atoms with E-state index in [0.29, 0.717) is 19.3 Å². The summed E-state index contributed by atoms with van der Waals surface area (Å²) in [7, 11) is 0. The molecule has 0 rings (SSSR count). The molecule has 0 bridgehead atoms. The van der Waals surface area contributed by atoms with Crippen LogP contribution < -0.4 is 0 Å². The van der Waals surface area contributed by atoms with Crippen molar-refractivity contribution >= 4 is 17.9 Å². The minimum atomic E-state index is -0.799. The second-order valence-corrected chi connectivity index (χ2v) is 22.7. The number of unbranched alkanes of at least 4 members (excludes halogenated alkanes) is 37. The van der Waals surface area contributed by atoms with Crippen LogP contribution in [-0.2, 0) is 28.6 Å². The summed E-state index contributed by atoms with van der Waals surface area (Å²) in [4.78, 5) is 38.4. The number of hydrogen-bond donors (Lipinski definition) is 0. The molecule has 0 fully saturated rings. The minimum Gasteiger partial charge on any atom is -0.462 e. The van der Waals surface area contributed by atoms with E-state index in [1.54, 1.807) is 0 Å². The highest BCUT2D eigenvalue weighted by Gasteiger charge is 2.19. The Balaban J connectivity index is 4.41. The summed E-state index contributed by atoms with van der Waals surface area (Å²) in [5.41, 5.74) is 0. The van der Waals surface area contributed by atoms with Crippen LogP contribution in [0.1, 0.15) is 342 Å². The predicted octanol–water partition coefficient (Wildman–Crippen LogP) is 23.4. The van der Waals surface area contributed by atoms with E-state index in [9.17, 15) is 14.4 Å². The van der Waals surface area contributed by atoms with Crippen molar-refractivity contribution in [2.75, 3.05) is 13.2 Å². The molecule has 0 spiro atoms. The first kappa shape index (κ1) is 75.6. The topological polar surface area (TPSA) is 78.9 Å². The van der Waals surface area contributed by atoms with Crippen LogP contribution in [0.4, 0.5) is 0 Å². The van der Waals surface area contributed by atoms with Crippen LogP contribution in [0.2, 0.25) is 0 Å². The molecule has 1 unspecified atom stereocenters. The Hall–Kier alpha value is -3.41. The van der Waals surface area contributed by atoms with Gasteiger partial charge in [-0.15, -0.1) is 0 Å². The van der Waals surface area contributed by atoms with Crippen molar-refractivity contribution in [3.8, 4) is 0 Å². The molecule has 0 aliphatic heterocycles. The van der Waals surface area contributed by atoms with Crippen molar-refractivity contribution in [1.82, 2.24) is 0 Å². The maximum absolute atomic E-state index is 12.9. The van der Waals surface area contributed by atoms with Crippen molar-refractivity contribution < 1.29 is 28.6 Å². The Morgan fingerprint density at radius 3 is 0.772 bits per heavy atom. The van der Waals surface area contributed by atoms with Crippen LogP contribution in [0.5, 0.6) is 0 Å². The zero-order valence-electron chi connectivity index (χ0n) is 52.4. The smallest absolute Gasteiger partial charge is 0.306 e. The van der Waals surface area contributed by atoms with Crippen molar-refractivity contribution in [2.45, 2.75) is 348 Å². The maximum atomic E-state index is 12.9. The normalized spacial score (nSPS) is 12.6. The molecule has 0 aliphatic carbocycles. The van der Waals surface area contributed by atoms with E-state index in [0.717, 1.165) is 89.9 Å². The number of rotatable bonds is 62. The van der Waals surface area contributed by atoms with Gasteiger partial charge in [0.2, 0.25) is 0 Å². The van der Waals surface area contributed by atoms with Gasteiger partial charge in [0.25, 0.3) is 0 Å². The maximum Gasteiger partial charge on any atom is 0.306 e. The van der Waals surface area contributed by atoms with Gasteiger partial charge in [0, 0.05) is 19.3 Å². The predicted molar refractivity (Wildman–Crippen MR) is 344 cm³/mol. The van der Waals surface area contributed by atoms with Gasteiger partial charge >= 0.3 is 17.9 Å². The first-order valence-electron chi connectivity index (χ1n) is 34.1. The summed E-state index contributed by atoms with van der Waals surface area (Å²) in [6.45, 7) is 6.53. The van der Waals surface area contributed by atoms with Gasteiger partial charge in [0.15, 0.2) is 6.10 Å². The van der Waals surface area contributed by atoms with Crippen LogP contribution in [-0.4, -0.2) is 37.2 Å². The molecule has 0 heterocycles. The van der Waals surface area contributed by atoms with E-state index in [1.165, 1.54) is 205 Å². The lowest BCUT2D eigenvalue weighted by Gasteiger charge is -2.18. The summed E-state index contributed by atoms with van der Waals surface area (Å²) in [5.74, 6) is -0.932. The average Bonchev–Trinajstić information content (AvgIpc) is 3.45. The minimum absolute atomic E-state index is 0.0900. The lowest BCUT2D eigenvalue weighted by molar-refractivity contribution is -0.167. The Morgan fingerprint density at radius 1 is 0.266 bits per heavy atom. The SMILES string of the molecule is CC/C=C\C/C=C\C/C=C\C/C=C\C/C=C\C/C=C\C/C=C\CCCC(=O)OCC(COC(=O)CCCCCCCCCCCCCCCCC)OC(=O)CCCCCCCCCCCCCCCCCCCCCCCCC. The zero-order valence-corrected chi connectivity index (χ0v) is 52.4. The van der Waals surface area contributed by atoms with E-state index in [4.69, 9.17) is 14.2 Å². The van der Waals surface area contributed by atoms with Gasteiger partial charge in [-0.25, -0.2) is 0 Å².